The molecule has 0 saturated carbocycles. The maximum Gasteiger partial charge on any atom is 0.160 e. The van der Waals surface area contributed by atoms with Crippen molar-refractivity contribution < 1.29 is 4.42 Å². The van der Waals surface area contributed by atoms with Crippen molar-refractivity contribution in [1.82, 2.24) is 4.57 Å². The quantitative estimate of drug-likeness (QED) is 0.175. The van der Waals surface area contributed by atoms with Crippen LogP contribution in [0.5, 0.6) is 0 Å². The van der Waals surface area contributed by atoms with Crippen molar-refractivity contribution in [2.75, 3.05) is 0 Å². The molecule has 13 rings (SSSR count). The summed E-state index contributed by atoms with van der Waals surface area (Å²) in [5.41, 5.74) is 10.1. The topological polar surface area (TPSA) is 42.8 Å². The van der Waals surface area contributed by atoms with E-state index in [1.54, 1.807) is 0 Å². The van der Waals surface area contributed by atoms with E-state index in [0.717, 1.165) is 84.0 Å². The molecule has 3 aromatic heterocycles. The number of para-hydroxylation sites is 2. The number of allylic oxidation sites excluding steroid dienone is 1. The lowest BCUT2D eigenvalue weighted by Crippen LogP contribution is -2.17. The SMILES string of the molecule is CC1C/C=C(c2c(-n3c4ccccc4c4cc5ccccc5cc43)ccc3oc4ccccc4c23)/N=C(c2cccc3ccccc23)\N=C/1c1ccc2sc3ccccc3c2c1. The maximum atomic E-state index is 6.66. The number of nitrogens with zero attached hydrogens (tertiary/aromatic N) is 3. The van der Waals surface area contributed by atoms with Crippen molar-refractivity contribution in [3.05, 3.63) is 205 Å². The molecule has 12 aromatic rings. The van der Waals surface area contributed by atoms with Crippen LogP contribution >= 0.6 is 11.3 Å². The van der Waals surface area contributed by atoms with E-state index in [-0.39, 0.29) is 5.92 Å². The van der Waals surface area contributed by atoms with Gasteiger partial charge in [-0.3, -0.25) is 0 Å². The van der Waals surface area contributed by atoms with Crippen molar-refractivity contribution in [3.63, 3.8) is 0 Å². The minimum atomic E-state index is 0.0798. The summed E-state index contributed by atoms with van der Waals surface area (Å²) in [6.45, 7) is 2.31. The van der Waals surface area contributed by atoms with Crippen molar-refractivity contribution in [3.8, 4) is 5.69 Å². The number of aliphatic imine (C=N–C) groups is 2. The van der Waals surface area contributed by atoms with Crippen molar-refractivity contribution in [1.29, 1.82) is 0 Å². The molecule has 1 atom stereocenters. The van der Waals surface area contributed by atoms with Crippen LogP contribution in [0.15, 0.2) is 202 Å². The maximum absolute atomic E-state index is 6.66. The van der Waals surface area contributed by atoms with Gasteiger partial charge in [0.2, 0.25) is 0 Å². The average molecular weight is 812 g/mol. The highest BCUT2D eigenvalue weighted by molar-refractivity contribution is 7.25. The van der Waals surface area contributed by atoms with E-state index in [9.17, 15) is 0 Å². The van der Waals surface area contributed by atoms with Crippen LogP contribution in [0.2, 0.25) is 0 Å². The number of rotatable bonds is 4. The molecule has 0 saturated heterocycles. The van der Waals surface area contributed by atoms with Crippen LogP contribution in [0.1, 0.15) is 30.0 Å². The van der Waals surface area contributed by atoms with Gasteiger partial charge in [-0.25, -0.2) is 9.98 Å². The number of benzene rings is 9. The van der Waals surface area contributed by atoms with E-state index in [1.807, 2.05) is 17.4 Å². The normalized spacial score (nSPS) is 17.4. The minimum absolute atomic E-state index is 0.0798. The predicted octanol–water partition coefficient (Wildman–Crippen LogP) is 15.7. The zero-order valence-electron chi connectivity index (χ0n) is 33.8. The molecule has 0 fully saturated rings. The van der Waals surface area contributed by atoms with E-state index in [1.165, 1.54) is 41.7 Å². The van der Waals surface area contributed by atoms with Crippen molar-refractivity contribution >= 4 is 114 Å². The summed E-state index contributed by atoms with van der Waals surface area (Å²) in [5, 5.41) is 11.8. The predicted molar refractivity (Wildman–Crippen MR) is 264 cm³/mol. The second-order valence-corrected chi connectivity index (χ2v) is 17.6. The molecule has 0 aliphatic carbocycles. The lowest BCUT2D eigenvalue weighted by Gasteiger charge is -2.21. The third-order valence-corrected chi connectivity index (χ3v) is 14.0. The second kappa shape index (κ2) is 13.7. The van der Waals surface area contributed by atoms with Gasteiger partial charge in [0, 0.05) is 58.8 Å². The van der Waals surface area contributed by atoms with Crippen molar-refractivity contribution in [2.45, 2.75) is 13.3 Å². The summed E-state index contributed by atoms with van der Waals surface area (Å²) < 4.78 is 11.7. The molecule has 1 aliphatic rings. The molecule has 0 bridgehead atoms. The van der Waals surface area contributed by atoms with Gasteiger partial charge in [-0.2, -0.15) is 0 Å². The van der Waals surface area contributed by atoms with Gasteiger partial charge < -0.3 is 8.98 Å². The summed E-state index contributed by atoms with van der Waals surface area (Å²) in [7, 11) is 0. The van der Waals surface area contributed by atoms with Crippen LogP contribution in [0.3, 0.4) is 0 Å². The number of hydrogen-bond donors (Lipinski definition) is 0. The molecule has 0 N–H and O–H groups in total. The highest BCUT2D eigenvalue weighted by Crippen LogP contribution is 2.44. The van der Waals surface area contributed by atoms with Crippen LogP contribution in [-0.4, -0.2) is 16.1 Å². The largest absolute Gasteiger partial charge is 0.456 e. The number of furan rings is 1. The second-order valence-electron chi connectivity index (χ2n) is 16.5. The zero-order valence-corrected chi connectivity index (χ0v) is 34.7. The van der Waals surface area contributed by atoms with Gasteiger partial charge in [-0.1, -0.05) is 140 Å². The summed E-state index contributed by atoms with van der Waals surface area (Å²) >= 11 is 1.84. The van der Waals surface area contributed by atoms with E-state index in [2.05, 4.69) is 193 Å². The number of amidine groups is 1. The lowest BCUT2D eigenvalue weighted by atomic mass is 9.91. The Labute approximate surface area is 361 Å². The van der Waals surface area contributed by atoms with Gasteiger partial charge in [-0.05, 0) is 88.1 Å². The van der Waals surface area contributed by atoms with Gasteiger partial charge in [0.15, 0.2) is 5.84 Å². The third kappa shape index (κ3) is 5.38. The molecule has 1 unspecified atom stereocenters. The van der Waals surface area contributed by atoms with Gasteiger partial charge in [0.25, 0.3) is 0 Å². The number of fused-ring (bicyclic) bond motifs is 11. The summed E-state index contributed by atoms with van der Waals surface area (Å²) in [6, 6.07) is 65.5. The zero-order chi connectivity index (χ0) is 40.9. The molecule has 0 radical (unpaired) electrons. The van der Waals surface area contributed by atoms with Gasteiger partial charge in [-0.15, -0.1) is 11.3 Å². The minimum Gasteiger partial charge on any atom is -0.456 e. The number of aromatic nitrogens is 1. The van der Waals surface area contributed by atoms with Crippen LogP contribution in [0.25, 0.3) is 96.8 Å². The van der Waals surface area contributed by atoms with Gasteiger partial charge >= 0.3 is 0 Å². The molecule has 292 valence electrons. The monoisotopic (exact) mass is 811 g/mol. The first-order valence-electron chi connectivity index (χ1n) is 21.3. The highest BCUT2D eigenvalue weighted by Gasteiger charge is 2.26. The standard InChI is InChI=1S/C57H37N3OS/c1-34-25-27-46(58-57(42-21-12-16-35-13-4-5-17-39(35)42)59-56(34)38-26-30-53-45(32-38)41-19-8-11-24-52(41)62-53)55-48(28-29-51-54(55)43-20-7-10-23-50(43)61-51)60-47-22-9-6-18-40(47)44-31-36-14-2-3-15-37(36)33-49(44)60/h2-24,26-34H,25H2,1H3/b46-27+,58-57-,59-56+. The Kier molecular flexibility index (Phi) is 7.78. The Hall–Kier alpha value is -7.60. The Bertz CT molecular complexity index is 3930. The van der Waals surface area contributed by atoms with E-state index in [4.69, 9.17) is 14.4 Å². The fourth-order valence-electron chi connectivity index (χ4n) is 9.91. The molecular weight excluding hydrogens is 775 g/mol. The summed E-state index contributed by atoms with van der Waals surface area (Å²) in [5.74, 6) is 0.769. The molecule has 62 heavy (non-hydrogen) atoms. The van der Waals surface area contributed by atoms with Crippen LogP contribution < -0.4 is 0 Å². The molecule has 4 nitrogen and oxygen atoms in total. The van der Waals surface area contributed by atoms with E-state index >= 15 is 0 Å². The Morgan fingerprint density at radius 2 is 1.24 bits per heavy atom. The first kappa shape index (κ1) is 35.2. The molecule has 5 heteroatoms. The molecule has 9 aromatic carbocycles. The van der Waals surface area contributed by atoms with E-state index < -0.39 is 0 Å². The Morgan fingerprint density at radius 1 is 0.532 bits per heavy atom. The molecule has 1 aliphatic heterocycles. The van der Waals surface area contributed by atoms with Crippen LogP contribution in [0.4, 0.5) is 0 Å². The van der Waals surface area contributed by atoms with E-state index in [0.29, 0.717) is 5.84 Å². The Morgan fingerprint density at radius 3 is 2.13 bits per heavy atom. The molecule has 0 amide bonds. The average Bonchev–Trinajstić information content (AvgIpc) is 3.99. The fourth-order valence-corrected chi connectivity index (χ4v) is 11.0. The number of hydrogen-bond acceptors (Lipinski definition) is 4. The smallest absolute Gasteiger partial charge is 0.160 e. The third-order valence-electron chi connectivity index (χ3n) is 12.8. The van der Waals surface area contributed by atoms with Crippen molar-refractivity contribution in [2.24, 2.45) is 15.9 Å². The Balaban J connectivity index is 1.12. The molecular formula is C57H37N3OS. The van der Waals surface area contributed by atoms with Crippen LogP contribution in [-0.2, 0) is 0 Å². The molecule has 0 spiro atoms. The lowest BCUT2D eigenvalue weighted by molar-refractivity contribution is 0.669. The molecule has 4 heterocycles. The highest BCUT2D eigenvalue weighted by atomic mass is 32.1. The summed E-state index contributed by atoms with van der Waals surface area (Å²) in [6.07, 6.45) is 3.10. The van der Waals surface area contributed by atoms with Gasteiger partial charge in [0.05, 0.1) is 28.1 Å². The van der Waals surface area contributed by atoms with Gasteiger partial charge in [0.1, 0.15) is 11.2 Å². The first-order valence-corrected chi connectivity index (χ1v) is 22.1. The summed E-state index contributed by atoms with van der Waals surface area (Å²) in [4.78, 5) is 11.5. The fraction of sp³-hybridized carbons (Fsp3) is 0.0526. The van der Waals surface area contributed by atoms with Crippen LogP contribution in [0, 0.1) is 5.92 Å². The first-order chi connectivity index (χ1) is 30.6. The number of thiophene rings is 1.